The molecule has 1 aliphatic rings. The third-order valence-corrected chi connectivity index (χ3v) is 2.95. The molecule has 0 aromatic carbocycles. The lowest BCUT2D eigenvalue weighted by Gasteiger charge is -2.21. The molecule has 0 bridgehead atoms. The summed E-state index contributed by atoms with van der Waals surface area (Å²) in [4.78, 5) is 18.2. The van der Waals surface area contributed by atoms with Crippen LogP contribution in [0.4, 0.5) is 0 Å². The predicted molar refractivity (Wildman–Crippen MR) is 50.7 cm³/mol. The summed E-state index contributed by atoms with van der Waals surface area (Å²) in [6, 6.07) is 1.46. The van der Waals surface area contributed by atoms with Crippen molar-refractivity contribution in [2.24, 2.45) is 0 Å². The number of hydrogen-bond acceptors (Lipinski definition) is 2. The van der Waals surface area contributed by atoms with Crippen molar-refractivity contribution in [2.45, 2.75) is 38.0 Å². The first kappa shape index (κ1) is 8.48. The Balaban J connectivity index is 2.39. The number of aromatic amines is 1. The quantitative estimate of drug-likeness (QED) is 0.710. The maximum Gasteiger partial charge on any atom is 0.250 e. The van der Waals surface area contributed by atoms with Crippen molar-refractivity contribution in [3.63, 3.8) is 0 Å². The second-order valence-corrected chi connectivity index (χ2v) is 4.05. The van der Waals surface area contributed by atoms with Crippen molar-refractivity contribution >= 4 is 0 Å². The lowest BCUT2D eigenvalue weighted by molar-refractivity contribution is 0.457. The first-order chi connectivity index (χ1) is 6.21. The zero-order chi connectivity index (χ0) is 9.31. The minimum Gasteiger partial charge on any atom is -0.310 e. The van der Waals surface area contributed by atoms with Crippen LogP contribution in [0.25, 0.3) is 0 Å². The number of hydrogen-bond donors (Lipinski definition) is 1. The highest BCUT2D eigenvalue weighted by molar-refractivity contribution is 5.08. The fourth-order valence-electron chi connectivity index (χ4n) is 2.07. The Morgan fingerprint density at radius 2 is 2.15 bits per heavy atom. The number of H-pyrrole nitrogens is 1. The van der Waals surface area contributed by atoms with E-state index in [0.29, 0.717) is 0 Å². The van der Waals surface area contributed by atoms with E-state index in [-0.39, 0.29) is 11.0 Å². The monoisotopic (exact) mass is 178 g/mol. The third-order valence-electron chi connectivity index (χ3n) is 2.95. The molecule has 13 heavy (non-hydrogen) atoms. The summed E-state index contributed by atoms with van der Waals surface area (Å²) in [5.74, 6) is 0.859. The fraction of sp³-hybridized carbons (Fsp3) is 0.600. The van der Waals surface area contributed by atoms with Gasteiger partial charge in [0.1, 0.15) is 5.82 Å². The molecular weight excluding hydrogens is 164 g/mol. The second kappa shape index (κ2) is 2.98. The molecule has 1 fully saturated rings. The van der Waals surface area contributed by atoms with E-state index in [1.807, 2.05) is 0 Å². The van der Waals surface area contributed by atoms with Crippen molar-refractivity contribution in [1.82, 2.24) is 9.97 Å². The molecular formula is C10H14N2O. The molecule has 1 heterocycles. The molecule has 1 aromatic heterocycles. The Labute approximate surface area is 77.2 Å². The number of nitrogens with one attached hydrogen (secondary N) is 1. The van der Waals surface area contributed by atoms with Crippen LogP contribution in [0.1, 0.15) is 38.4 Å². The molecule has 1 aliphatic carbocycles. The predicted octanol–water partition coefficient (Wildman–Crippen LogP) is 1.60. The second-order valence-electron chi connectivity index (χ2n) is 4.05. The molecule has 1 aromatic rings. The summed E-state index contributed by atoms with van der Waals surface area (Å²) < 4.78 is 0. The SMILES string of the molecule is CC1(c2nccc(=O)[nH]2)CCCC1. The van der Waals surface area contributed by atoms with Crippen LogP contribution in [0.2, 0.25) is 0 Å². The van der Waals surface area contributed by atoms with E-state index >= 15 is 0 Å². The van der Waals surface area contributed by atoms with Crippen molar-refractivity contribution < 1.29 is 0 Å². The topological polar surface area (TPSA) is 45.8 Å². The van der Waals surface area contributed by atoms with Gasteiger partial charge < -0.3 is 4.98 Å². The van der Waals surface area contributed by atoms with Gasteiger partial charge in [-0.3, -0.25) is 4.79 Å². The average Bonchev–Trinajstić information content (AvgIpc) is 2.54. The van der Waals surface area contributed by atoms with E-state index in [2.05, 4.69) is 16.9 Å². The van der Waals surface area contributed by atoms with E-state index in [1.165, 1.54) is 18.9 Å². The van der Waals surface area contributed by atoms with Gasteiger partial charge in [-0.2, -0.15) is 0 Å². The Hall–Kier alpha value is -1.12. The molecule has 1 N–H and O–H groups in total. The molecule has 0 amide bonds. The van der Waals surface area contributed by atoms with Crippen LogP contribution in [0, 0.1) is 0 Å². The largest absolute Gasteiger partial charge is 0.310 e. The maximum absolute atomic E-state index is 11.1. The van der Waals surface area contributed by atoms with Gasteiger partial charge in [0.2, 0.25) is 0 Å². The summed E-state index contributed by atoms with van der Waals surface area (Å²) in [5, 5.41) is 0. The van der Waals surface area contributed by atoms with Gasteiger partial charge in [-0.25, -0.2) is 4.98 Å². The Kier molecular flexibility index (Phi) is 1.94. The van der Waals surface area contributed by atoms with Crippen LogP contribution in [-0.4, -0.2) is 9.97 Å². The van der Waals surface area contributed by atoms with Gasteiger partial charge in [-0.1, -0.05) is 19.8 Å². The normalized spacial score (nSPS) is 20.4. The number of rotatable bonds is 1. The minimum absolute atomic E-state index is 0.0434. The third kappa shape index (κ3) is 1.50. The van der Waals surface area contributed by atoms with Crippen molar-refractivity contribution in [3.05, 3.63) is 28.4 Å². The van der Waals surface area contributed by atoms with Crippen LogP contribution >= 0.6 is 0 Å². The smallest absolute Gasteiger partial charge is 0.250 e. The summed E-state index contributed by atoms with van der Waals surface area (Å²) in [6.07, 6.45) is 6.36. The van der Waals surface area contributed by atoms with Gasteiger partial charge in [0.15, 0.2) is 0 Å². The summed E-state index contributed by atoms with van der Waals surface area (Å²) in [6.45, 7) is 2.18. The fourth-order valence-corrected chi connectivity index (χ4v) is 2.07. The van der Waals surface area contributed by atoms with E-state index < -0.39 is 0 Å². The molecule has 1 saturated carbocycles. The van der Waals surface area contributed by atoms with E-state index in [9.17, 15) is 4.79 Å². The van der Waals surface area contributed by atoms with E-state index in [0.717, 1.165) is 18.7 Å². The van der Waals surface area contributed by atoms with Crippen LogP contribution in [-0.2, 0) is 5.41 Å². The highest BCUT2D eigenvalue weighted by atomic mass is 16.1. The van der Waals surface area contributed by atoms with Crippen molar-refractivity contribution in [1.29, 1.82) is 0 Å². The summed E-state index contributed by atoms with van der Waals surface area (Å²) >= 11 is 0. The standard InChI is InChI=1S/C10H14N2O/c1-10(5-2-3-6-10)9-11-7-4-8(13)12-9/h4,7H,2-3,5-6H2,1H3,(H,11,12,13). The lowest BCUT2D eigenvalue weighted by atomic mass is 9.88. The van der Waals surface area contributed by atoms with Gasteiger partial charge in [0.05, 0.1) is 0 Å². The van der Waals surface area contributed by atoms with Crippen LogP contribution in [0.5, 0.6) is 0 Å². The van der Waals surface area contributed by atoms with Gasteiger partial charge in [0, 0.05) is 17.7 Å². The van der Waals surface area contributed by atoms with Gasteiger partial charge >= 0.3 is 0 Å². The first-order valence-corrected chi connectivity index (χ1v) is 4.77. The number of nitrogens with zero attached hydrogens (tertiary/aromatic N) is 1. The zero-order valence-electron chi connectivity index (χ0n) is 7.84. The summed E-state index contributed by atoms with van der Waals surface area (Å²) in [5.41, 5.74) is 0.0681. The van der Waals surface area contributed by atoms with Crippen LogP contribution in [0.15, 0.2) is 17.1 Å². The van der Waals surface area contributed by atoms with Gasteiger partial charge in [-0.15, -0.1) is 0 Å². The molecule has 0 radical (unpaired) electrons. The van der Waals surface area contributed by atoms with Crippen molar-refractivity contribution in [2.75, 3.05) is 0 Å². The van der Waals surface area contributed by atoms with Crippen LogP contribution < -0.4 is 5.56 Å². The van der Waals surface area contributed by atoms with Gasteiger partial charge in [0.25, 0.3) is 5.56 Å². The molecule has 0 atom stereocenters. The molecule has 2 rings (SSSR count). The highest BCUT2D eigenvalue weighted by Crippen LogP contribution is 2.38. The Bertz CT molecular complexity index is 350. The Morgan fingerprint density at radius 3 is 2.77 bits per heavy atom. The van der Waals surface area contributed by atoms with Gasteiger partial charge in [-0.05, 0) is 12.8 Å². The molecule has 0 aliphatic heterocycles. The summed E-state index contributed by atoms with van der Waals surface area (Å²) in [7, 11) is 0. The molecule has 0 saturated heterocycles. The molecule has 0 unspecified atom stereocenters. The highest BCUT2D eigenvalue weighted by Gasteiger charge is 2.32. The average molecular weight is 178 g/mol. The molecule has 0 spiro atoms. The number of aromatic nitrogens is 2. The van der Waals surface area contributed by atoms with E-state index in [1.54, 1.807) is 6.20 Å². The van der Waals surface area contributed by atoms with E-state index in [4.69, 9.17) is 0 Å². The molecule has 3 heteroatoms. The molecule has 70 valence electrons. The minimum atomic E-state index is -0.0434. The van der Waals surface area contributed by atoms with Crippen LogP contribution in [0.3, 0.4) is 0 Å². The Morgan fingerprint density at radius 1 is 1.46 bits per heavy atom. The van der Waals surface area contributed by atoms with Crippen molar-refractivity contribution in [3.8, 4) is 0 Å². The first-order valence-electron chi connectivity index (χ1n) is 4.77. The molecule has 3 nitrogen and oxygen atoms in total. The maximum atomic E-state index is 11.1. The lowest BCUT2D eigenvalue weighted by Crippen LogP contribution is -2.24. The zero-order valence-corrected chi connectivity index (χ0v) is 7.84.